The second-order valence-electron chi connectivity index (χ2n) is 6.55. The number of aromatic nitrogens is 4. The van der Waals surface area contributed by atoms with Gasteiger partial charge < -0.3 is 4.57 Å². The molecule has 4 aromatic rings. The van der Waals surface area contributed by atoms with E-state index in [1.807, 2.05) is 42.6 Å². The summed E-state index contributed by atoms with van der Waals surface area (Å²) in [6.45, 7) is 7.68. The zero-order valence-electron chi connectivity index (χ0n) is 15.4. The van der Waals surface area contributed by atoms with Gasteiger partial charge >= 0.3 is 0 Å². The molecular formula is C22H16BrN5O. The van der Waals surface area contributed by atoms with Gasteiger partial charge in [0.05, 0.1) is 19.4 Å². The molecule has 4 rings (SSSR count). The van der Waals surface area contributed by atoms with Crippen LogP contribution in [-0.2, 0) is 13.0 Å². The van der Waals surface area contributed by atoms with Gasteiger partial charge in [0.2, 0.25) is 0 Å². The van der Waals surface area contributed by atoms with E-state index in [-0.39, 0.29) is 5.56 Å². The molecule has 0 aliphatic rings. The first-order valence-electron chi connectivity index (χ1n) is 8.91. The van der Waals surface area contributed by atoms with Crippen molar-refractivity contribution in [1.82, 2.24) is 19.1 Å². The fourth-order valence-electron chi connectivity index (χ4n) is 3.02. The SMILES string of the molecule is [C-]#[N+]c1ccc(Cc2cncn2Cc2ccc(-n3cc(Br)ccc3=O)nc2)cc1. The van der Waals surface area contributed by atoms with Crippen LogP contribution in [0.15, 0.2) is 82.7 Å². The standard InChI is InChI=1S/C22H16BrN5O/c1-24-19-6-2-16(3-7-19)10-20-12-25-15-27(20)13-17-4-8-21(26-11-17)28-14-18(23)5-9-22(28)29/h2-9,11-12,14-15H,10,13H2. The van der Waals surface area contributed by atoms with E-state index < -0.39 is 0 Å². The molecule has 0 bridgehead atoms. The lowest BCUT2D eigenvalue weighted by atomic mass is 10.1. The molecular weight excluding hydrogens is 430 g/mol. The number of benzene rings is 1. The Morgan fingerprint density at radius 3 is 2.52 bits per heavy atom. The number of halogens is 1. The van der Waals surface area contributed by atoms with Gasteiger partial charge in [0.15, 0.2) is 5.69 Å². The molecule has 0 aliphatic carbocycles. The number of rotatable bonds is 5. The van der Waals surface area contributed by atoms with Crippen molar-refractivity contribution < 1.29 is 0 Å². The third-order valence-corrected chi connectivity index (χ3v) is 5.00. The van der Waals surface area contributed by atoms with Crippen molar-refractivity contribution in [1.29, 1.82) is 0 Å². The number of hydrogen-bond donors (Lipinski definition) is 0. The summed E-state index contributed by atoms with van der Waals surface area (Å²) >= 11 is 3.38. The molecule has 0 fully saturated rings. The highest BCUT2D eigenvalue weighted by Gasteiger charge is 2.07. The van der Waals surface area contributed by atoms with Gasteiger partial charge in [0, 0.05) is 41.2 Å². The van der Waals surface area contributed by atoms with Crippen molar-refractivity contribution in [3.63, 3.8) is 0 Å². The molecule has 3 heterocycles. The van der Waals surface area contributed by atoms with Crippen molar-refractivity contribution >= 4 is 21.6 Å². The Bertz CT molecular complexity index is 1230. The fourth-order valence-corrected chi connectivity index (χ4v) is 3.36. The Kier molecular flexibility index (Phi) is 5.36. The van der Waals surface area contributed by atoms with Gasteiger partial charge in [-0.2, -0.15) is 0 Å². The summed E-state index contributed by atoms with van der Waals surface area (Å²) in [4.78, 5) is 24.2. The Hall–Kier alpha value is -3.50. The van der Waals surface area contributed by atoms with Gasteiger partial charge in [0.25, 0.3) is 5.56 Å². The third-order valence-electron chi connectivity index (χ3n) is 4.53. The highest BCUT2D eigenvalue weighted by Crippen LogP contribution is 2.16. The molecule has 0 spiro atoms. The third kappa shape index (κ3) is 4.33. The smallest absolute Gasteiger partial charge is 0.256 e. The summed E-state index contributed by atoms with van der Waals surface area (Å²) in [6.07, 6.45) is 7.87. The maximum Gasteiger partial charge on any atom is 0.256 e. The van der Waals surface area contributed by atoms with E-state index in [1.165, 1.54) is 10.6 Å². The lowest BCUT2D eigenvalue weighted by molar-refractivity contribution is 0.749. The summed E-state index contributed by atoms with van der Waals surface area (Å²) in [5.74, 6) is 0.575. The predicted molar refractivity (Wildman–Crippen MR) is 114 cm³/mol. The van der Waals surface area contributed by atoms with Gasteiger partial charge in [-0.1, -0.05) is 30.3 Å². The minimum absolute atomic E-state index is 0.130. The van der Waals surface area contributed by atoms with Crippen LogP contribution < -0.4 is 5.56 Å². The minimum Gasteiger partial charge on any atom is -0.330 e. The van der Waals surface area contributed by atoms with E-state index in [4.69, 9.17) is 6.57 Å². The largest absolute Gasteiger partial charge is 0.330 e. The normalized spacial score (nSPS) is 10.6. The molecule has 0 N–H and O–H groups in total. The molecule has 0 saturated carbocycles. The Labute approximate surface area is 176 Å². The molecule has 0 aliphatic heterocycles. The van der Waals surface area contributed by atoms with Crippen molar-refractivity contribution in [3.05, 3.63) is 117 Å². The van der Waals surface area contributed by atoms with Gasteiger partial charge in [-0.3, -0.25) is 9.36 Å². The van der Waals surface area contributed by atoms with Crippen LogP contribution in [0.1, 0.15) is 16.8 Å². The lowest BCUT2D eigenvalue weighted by Gasteiger charge is -2.10. The van der Waals surface area contributed by atoms with Crippen LogP contribution in [0.25, 0.3) is 10.7 Å². The van der Waals surface area contributed by atoms with E-state index in [0.717, 1.165) is 27.7 Å². The van der Waals surface area contributed by atoms with Crippen LogP contribution in [0.5, 0.6) is 0 Å². The maximum absolute atomic E-state index is 12.0. The van der Waals surface area contributed by atoms with Gasteiger partial charge in [-0.15, -0.1) is 0 Å². The first-order valence-corrected chi connectivity index (χ1v) is 9.70. The highest BCUT2D eigenvalue weighted by atomic mass is 79.9. The average molecular weight is 446 g/mol. The van der Waals surface area contributed by atoms with Crippen molar-refractivity contribution in [2.45, 2.75) is 13.0 Å². The summed E-state index contributed by atoms with van der Waals surface area (Å²) in [5.41, 5.74) is 3.72. The van der Waals surface area contributed by atoms with E-state index >= 15 is 0 Å². The predicted octanol–water partition coefficient (Wildman–Crippen LogP) is 4.38. The number of nitrogens with zero attached hydrogens (tertiary/aromatic N) is 5. The van der Waals surface area contributed by atoms with Gasteiger partial charge in [0.1, 0.15) is 5.82 Å². The summed E-state index contributed by atoms with van der Waals surface area (Å²) in [7, 11) is 0. The first kappa shape index (κ1) is 18.8. The Morgan fingerprint density at radius 1 is 1.00 bits per heavy atom. The van der Waals surface area contributed by atoms with Crippen LogP contribution in [0, 0.1) is 6.57 Å². The molecule has 0 atom stereocenters. The molecule has 1 aromatic carbocycles. The highest BCUT2D eigenvalue weighted by molar-refractivity contribution is 9.10. The van der Waals surface area contributed by atoms with Crippen LogP contribution in [0.4, 0.5) is 5.69 Å². The second-order valence-corrected chi connectivity index (χ2v) is 7.46. The van der Waals surface area contributed by atoms with Gasteiger partial charge in [-0.25, -0.2) is 14.8 Å². The molecule has 6 nitrogen and oxygen atoms in total. The number of hydrogen-bond acceptors (Lipinski definition) is 3. The maximum atomic E-state index is 12.0. The van der Waals surface area contributed by atoms with Crippen LogP contribution >= 0.6 is 15.9 Å². The van der Waals surface area contributed by atoms with Crippen molar-refractivity contribution in [2.24, 2.45) is 0 Å². The van der Waals surface area contributed by atoms with E-state index in [2.05, 4.69) is 35.3 Å². The summed E-state index contributed by atoms with van der Waals surface area (Å²) in [5, 5.41) is 0. The van der Waals surface area contributed by atoms with Crippen LogP contribution in [-0.4, -0.2) is 19.1 Å². The summed E-state index contributed by atoms with van der Waals surface area (Å²) in [6, 6.07) is 14.6. The zero-order valence-corrected chi connectivity index (χ0v) is 17.0. The average Bonchev–Trinajstić information content (AvgIpc) is 3.17. The number of pyridine rings is 2. The molecule has 0 amide bonds. The van der Waals surface area contributed by atoms with Gasteiger partial charge in [-0.05, 0) is 39.2 Å². The topological polar surface area (TPSA) is 57.1 Å². The summed E-state index contributed by atoms with van der Waals surface area (Å²) < 4.78 is 4.39. The molecule has 0 unspecified atom stereocenters. The van der Waals surface area contributed by atoms with Crippen molar-refractivity contribution in [3.8, 4) is 5.82 Å². The van der Waals surface area contributed by atoms with E-state index in [0.29, 0.717) is 18.1 Å². The Balaban J connectivity index is 1.51. The second kappa shape index (κ2) is 8.25. The number of imidazole rings is 1. The molecule has 3 aromatic heterocycles. The Morgan fingerprint density at radius 2 is 1.79 bits per heavy atom. The lowest BCUT2D eigenvalue weighted by Crippen LogP contribution is -2.17. The van der Waals surface area contributed by atoms with E-state index in [9.17, 15) is 4.79 Å². The zero-order chi connectivity index (χ0) is 20.2. The molecule has 0 radical (unpaired) electrons. The molecule has 0 saturated heterocycles. The minimum atomic E-state index is -0.130. The quantitative estimate of drug-likeness (QED) is 0.428. The van der Waals surface area contributed by atoms with Crippen LogP contribution in [0.2, 0.25) is 0 Å². The molecule has 142 valence electrons. The monoisotopic (exact) mass is 445 g/mol. The van der Waals surface area contributed by atoms with Crippen LogP contribution in [0.3, 0.4) is 0 Å². The van der Waals surface area contributed by atoms with Crippen molar-refractivity contribution in [2.75, 3.05) is 0 Å². The molecule has 29 heavy (non-hydrogen) atoms. The van der Waals surface area contributed by atoms with E-state index in [1.54, 1.807) is 24.8 Å². The first-order chi connectivity index (χ1) is 14.1. The molecule has 7 heteroatoms. The fraction of sp³-hybridized carbons (Fsp3) is 0.0909.